The molecule has 2 aromatic rings. The summed E-state index contributed by atoms with van der Waals surface area (Å²) in [5.74, 6) is 1.42. The molecule has 0 saturated carbocycles. The van der Waals surface area contributed by atoms with Crippen LogP contribution in [0.25, 0.3) is 0 Å². The summed E-state index contributed by atoms with van der Waals surface area (Å²) in [6.07, 6.45) is 0.660. The Labute approximate surface area is 159 Å². The van der Waals surface area contributed by atoms with Gasteiger partial charge in [-0.25, -0.2) is 0 Å². The fourth-order valence-electron chi connectivity index (χ4n) is 4.42. The lowest BCUT2D eigenvalue weighted by atomic mass is 9.77. The van der Waals surface area contributed by atoms with Crippen LogP contribution in [0.1, 0.15) is 27.4 Å². The predicted molar refractivity (Wildman–Crippen MR) is 101 cm³/mol. The topological polar surface area (TPSA) is 65.8 Å². The third-order valence-corrected chi connectivity index (χ3v) is 5.66. The minimum atomic E-state index is -0.589. The third-order valence-electron chi connectivity index (χ3n) is 5.66. The van der Waals surface area contributed by atoms with Gasteiger partial charge in [-0.2, -0.15) is 0 Å². The Morgan fingerprint density at radius 2 is 2.07 bits per heavy atom. The summed E-state index contributed by atoms with van der Waals surface area (Å²) in [5.41, 5.74) is 1.13. The minimum absolute atomic E-state index is 0.0489. The zero-order valence-corrected chi connectivity index (χ0v) is 16.0. The molecule has 1 aromatic carbocycles. The van der Waals surface area contributed by atoms with E-state index in [4.69, 9.17) is 4.42 Å². The van der Waals surface area contributed by atoms with Gasteiger partial charge in [0.2, 0.25) is 5.91 Å². The Morgan fingerprint density at radius 3 is 2.78 bits per heavy atom. The molecule has 1 saturated heterocycles. The first-order chi connectivity index (χ1) is 12.9. The van der Waals surface area contributed by atoms with Crippen LogP contribution >= 0.6 is 0 Å². The van der Waals surface area contributed by atoms with E-state index in [1.54, 1.807) is 19.0 Å². The lowest BCUT2D eigenvalue weighted by Gasteiger charge is -2.40. The number of benzene rings is 1. The van der Waals surface area contributed by atoms with Crippen LogP contribution in [0, 0.1) is 12.8 Å². The van der Waals surface area contributed by atoms with Gasteiger partial charge in [-0.15, -0.1) is 0 Å². The lowest BCUT2D eigenvalue weighted by Crippen LogP contribution is -2.61. The number of fused-ring (bicyclic) bond motifs is 1. The van der Waals surface area contributed by atoms with Crippen molar-refractivity contribution in [3.63, 3.8) is 0 Å². The van der Waals surface area contributed by atoms with Crippen LogP contribution in [0.15, 0.2) is 40.8 Å². The van der Waals surface area contributed by atoms with Crippen molar-refractivity contribution in [2.24, 2.45) is 5.92 Å². The van der Waals surface area contributed by atoms with Crippen molar-refractivity contribution in [3.05, 3.63) is 59.0 Å². The molecule has 0 bridgehead atoms. The fraction of sp³-hybridized carbons (Fsp3) is 0.429. The Morgan fingerprint density at radius 1 is 1.30 bits per heavy atom. The average molecular weight is 367 g/mol. The number of likely N-dealkylation sites (tertiary alicyclic amines) is 1. The second-order valence-corrected chi connectivity index (χ2v) is 7.91. The summed E-state index contributed by atoms with van der Waals surface area (Å²) in [4.78, 5) is 29.6. The van der Waals surface area contributed by atoms with Crippen LogP contribution in [0.3, 0.4) is 0 Å². The van der Waals surface area contributed by atoms with Crippen molar-refractivity contribution in [2.45, 2.75) is 25.4 Å². The maximum atomic E-state index is 13.0. The molecule has 6 heteroatoms. The van der Waals surface area contributed by atoms with Gasteiger partial charge in [0, 0.05) is 32.7 Å². The number of hydrogen-bond acceptors (Lipinski definition) is 4. The lowest BCUT2D eigenvalue weighted by molar-refractivity contribution is -0.134. The van der Waals surface area contributed by atoms with Crippen molar-refractivity contribution in [2.75, 3.05) is 27.2 Å². The molecule has 2 aliphatic rings. The number of aryl methyl sites for hydroxylation is 1. The number of carbonyl (C=O) groups is 2. The first-order valence-electron chi connectivity index (χ1n) is 9.27. The standard InChI is InChI=1S/C21H25N3O3/c1-14-8-9-16(27-14)11-24-12-18(20(26)23(2)3)21(13-24)10-15-6-4-5-7-17(15)19(25)22-21/h4-9,18H,10-13H2,1-3H3,(H,22,25)/t18-,21+/m0/s1. The van der Waals surface area contributed by atoms with E-state index < -0.39 is 5.54 Å². The summed E-state index contributed by atoms with van der Waals surface area (Å²) in [5, 5.41) is 3.20. The van der Waals surface area contributed by atoms with Crippen LogP contribution in [0.2, 0.25) is 0 Å². The van der Waals surface area contributed by atoms with E-state index in [2.05, 4.69) is 10.2 Å². The SMILES string of the molecule is Cc1ccc(CN2C[C@@H](C(=O)N(C)C)[C@@]3(Cc4ccccc4C(=O)N3)C2)o1. The summed E-state index contributed by atoms with van der Waals surface area (Å²) in [6, 6.07) is 11.6. The van der Waals surface area contributed by atoms with Crippen LogP contribution < -0.4 is 5.32 Å². The molecule has 142 valence electrons. The van der Waals surface area contributed by atoms with Crippen molar-refractivity contribution < 1.29 is 14.0 Å². The number of hydrogen-bond donors (Lipinski definition) is 1. The molecule has 0 aliphatic carbocycles. The molecule has 3 heterocycles. The van der Waals surface area contributed by atoms with Gasteiger partial charge in [0.1, 0.15) is 11.5 Å². The van der Waals surface area contributed by atoms with E-state index in [1.165, 1.54) is 0 Å². The minimum Gasteiger partial charge on any atom is -0.465 e. The Bertz CT molecular complexity index is 888. The van der Waals surface area contributed by atoms with Crippen molar-refractivity contribution in [3.8, 4) is 0 Å². The molecule has 2 atom stereocenters. The molecular weight excluding hydrogens is 342 g/mol. The van der Waals surface area contributed by atoms with E-state index >= 15 is 0 Å². The molecule has 1 N–H and O–H groups in total. The second-order valence-electron chi connectivity index (χ2n) is 7.91. The normalized spacial score (nSPS) is 24.7. The van der Waals surface area contributed by atoms with Gasteiger partial charge in [-0.05, 0) is 37.1 Å². The number of rotatable bonds is 3. The smallest absolute Gasteiger partial charge is 0.252 e. The Hall–Kier alpha value is -2.60. The molecule has 6 nitrogen and oxygen atoms in total. The predicted octanol–water partition coefficient (Wildman–Crippen LogP) is 1.83. The molecule has 1 aromatic heterocycles. The van der Waals surface area contributed by atoms with E-state index in [-0.39, 0.29) is 17.7 Å². The molecule has 2 amide bonds. The monoisotopic (exact) mass is 367 g/mol. The highest BCUT2D eigenvalue weighted by molar-refractivity contribution is 5.98. The summed E-state index contributed by atoms with van der Waals surface area (Å²) in [7, 11) is 3.54. The van der Waals surface area contributed by atoms with Crippen LogP contribution in [0.5, 0.6) is 0 Å². The molecule has 2 aliphatic heterocycles. The second kappa shape index (κ2) is 6.53. The molecular formula is C21H25N3O3. The van der Waals surface area contributed by atoms with E-state index in [0.29, 0.717) is 31.6 Å². The van der Waals surface area contributed by atoms with E-state index in [9.17, 15) is 9.59 Å². The quantitative estimate of drug-likeness (QED) is 0.899. The number of furan rings is 1. The molecule has 1 spiro atoms. The zero-order chi connectivity index (χ0) is 19.2. The van der Waals surface area contributed by atoms with Gasteiger partial charge in [-0.3, -0.25) is 14.5 Å². The highest BCUT2D eigenvalue weighted by Gasteiger charge is 2.53. The Kier molecular flexibility index (Phi) is 4.30. The van der Waals surface area contributed by atoms with Gasteiger partial charge in [-0.1, -0.05) is 18.2 Å². The van der Waals surface area contributed by atoms with E-state index in [0.717, 1.165) is 17.1 Å². The highest BCUT2D eigenvalue weighted by Crippen LogP contribution is 2.37. The average Bonchev–Trinajstić information content (AvgIpc) is 3.17. The molecule has 0 unspecified atom stereocenters. The maximum Gasteiger partial charge on any atom is 0.252 e. The number of nitrogens with one attached hydrogen (secondary N) is 1. The van der Waals surface area contributed by atoms with Crippen molar-refractivity contribution in [1.29, 1.82) is 0 Å². The molecule has 27 heavy (non-hydrogen) atoms. The fourth-order valence-corrected chi connectivity index (χ4v) is 4.42. The molecule has 4 rings (SSSR count). The van der Waals surface area contributed by atoms with Crippen LogP contribution in [-0.4, -0.2) is 54.3 Å². The zero-order valence-electron chi connectivity index (χ0n) is 16.0. The largest absolute Gasteiger partial charge is 0.465 e. The Balaban J connectivity index is 1.66. The van der Waals surface area contributed by atoms with Gasteiger partial charge >= 0.3 is 0 Å². The maximum absolute atomic E-state index is 13.0. The van der Waals surface area contributed by atoms with E-state index in [1.807, 2.05) is 43.3 Å². The molecule has 0 radical (unpaired) electrons. The first kappa shape index (κ1) is 17.8. The number of nitrogens with zero attached hydrogens (tertiary/aromatic N) is 2. The van der Waals surface area contributed by atoms with Crippen molar-refractivity contribution in [1.82, 2.24) is 15.1 Å². The van der Waals surface area contributed by atoms with Gasteiger partial charge in [0.15, 0.2) is 0 Å². The third kappa shape index (κ3) is 3.14. The van der Waals surface area contributed by atoms with Crippen LogP contribution in [0.4, 0.5) is 0 Å². The summed E-state index contributed by atoms with van der Waals surface area (Å²) >= 11 is 0. The summed E-state index contributed by atoms with van der Waals surface area (Å²) < 4.78 is 5.72. The van der Waals surface area contributed by atoms with Crippen molar-refractivity contribution >= 4 is 11.8 Å². The highest BCUT2D eigenvalue weighted by atomic mass is 16.3. The number of amides is 2. The molecule has 1 fully saturated rings. The first-order valence-corrected chi connectivity index (χ1v) is 9.27. The van der Waals surface area contributed by atoms with Gasteiger partial charge in [0.25, 0.3) is 5.91 Å². The number of carbonyl (C=O) groups excluding carboxylic acids is 2. The summed E-state index contributed by atoms with van der Waals surface area (Å²) in [6.45, 7) is 3.77. The van der Waals surface area contributed by atoms with Crippen LogP contribution in [-0.2, 0) is 17.8 Å². The van der Waals surface area contributed by atoms with Gasteiger partial charge < -0.3 is 14.6 Å². The van der Waals surface area contributed by atoms with Gasteiger partial charge in [0.05, 0.1) is 18.0 Å².